The Bertz CT molecular complexity index is 389. The molecule has 1 heterocycles. The van der Waals surface area contributed by atoms with Crippen LogP contribution >= 0.6 is 11.8 Å². The Labute approximate surface area is 114 Å². The first kappa shape index (κ1) is 13.7. The molecule has 1 aromatic heterocycles. The molecule has 0 aliphatic heterocycles. The molecule has 0 spiro atoms. The molecule has 0 radical (unpaired) electrons. The summed E-state index contributed by atoms with van der Waals surface area (Å²) in [5, 5.41) is 4.43. The molecule has 100 valence electrons. The third kappa shape index (κ3) is 4.16. The number of anilines is 1. The SMILES string of the molecule is CCNc1cc(SCCC(C)C)nc(C2CC2)n1. The number of rotatable bonds is 7. The molecule has 1 aliphatic rings. The molecule has 3 nitrogen and oxygen atoms in total. The van der Waals surface area contributed by atoms with E-state index in [2.05, 4.69) is 42.1 Å². The van der Waals surface area contributed by atoms with Crippen LogP contribution in [-0.2, 0) is 0 Å². The van der Waals surface area contributed by atoms with Crippen LogP contribution < -0.4 is 5.32 Å². The van der Waals surface area contributed by atoms with Gasteiger partial charge >= 0.3 is 0 Å². The van der Waals surface area contributed by atoms with Crippen molar-refractivity contribution in [3.05, 3.63) is 11.9 Å². The molecule has 0 atom stereocenters. The molecule has 18 heavy (non-hydrogen) atoms. The standard InChI is InChI=1S/C14H23N3S/c1-4-15-12-9-13(18-8-7-10(2)3)17-14(16-12)11-5-6-11/h9-11H,4-8H2,1-3H3,(H,15,16,17). The van der Waals surface area contributed by atoms with Gasteiger partial charge in [0.25, 0.3) is 0 Å². The van der Waals surface area contributed by atoms with Gasteiger partial charge in [0, 0.05) is 18.5 Å². The first-order chi connectivity index (χ1) is 8.69. The fourth-order valence-corrected chi connectivity index (χ4v) is 2.86. The second kappa shape index (κ2) is 6.41. The van der Waals surface area contributed by atoms with Gasteiger partial charge in [0.2, 0.25) is 0 Å². The van der Waals surface area contributed by atoms with E-state index in [-0.39, 0.29) is 0 Å². The van der Waals surface area contributed by atoms with Crippen molar-refractivity contribution in [3.63, 3.8) is 0 Å². The summed E-state index contributed by atoms with van der Waals surface area (Å²) in [6.45, 7) is 7.54. The summed E-state index contributed by atoms with van der Waals surface area (Å²) in [6.07, 6.45) is 3.75. The molecule has 1 fully saturated rings. The van der Waals surface area contributed by atoms with Crippen molar-refractivity contribution >= 4 is 17.6 Å². The summed E-state index contributed by atoms with van der Waals surface area (Å²) in [5.41, 5.74) is 0. The van der Waals surface area contributed by atoms with Gasteiger partial charge in [-0.3, -0.25) is 0 Å². The van der Waals surface area contributed by atoms with Crippen LogP contribution in [0.5, 0.6) is 0 Å². The Kier molecular flexibility index (Phi) is 4.87. The fraction of sp³-hybridized carbons (Fsp3) is 0.714. The lowest BCUT2D eigenvalue weighted by molar-refractivity contribution is 0.632. The van der Waals surface area contributed by atoms with Crippen LogP contribution in [0, 0.1) is 5.92 Å². The maximum absolute atomic E-state index is 4.69. The van der Waals surface area contributed by atoms with Crippen molar-refractivity contribution in [1.82, 2.24) is 9.97 Å². The van der Waals surface area contributed by atoms with Crippen LogP contribution in [0.15, 0.2) is 11.1 Å². The Morgan fingerprint density at radius 1 is 1.39 bits per heavy atom. The van der Waals surface area contributed by atoms with E-state index in [9.17, 15) is 0 Å². The van der Waals surface area contributed by atoms with Gasteiger partial charge in [-0.25, -0.2) is 9.97 Å². The summed E-state index contributed by atoms with van der Waals surface area (Å²) in [7, 11) is 0. The summed E-state index contributed by atoms with van der Waals surface area (Å²) in [5.74, 6) is 4.55. The lowest BCUT2D eigenvalue weighted by atomic mass is 10.2. The van der Waals surface area contributed by atoms with E-state index in [1.807, 2.05) is 11.8 Å². The Hall–Kier alpha value is -0.770. The van der Waals surface area contributed by atoms with E-state index in [4.69, 9.17) is 0 Å². The zero-order valence-corrected chi connectivity index (χ0v) is 12.4. The number of nitrogens with zero attached hydrogens (tertiary/aromatic N) is 2. The van der Waals surface area contributed by atoms with Crippen LogP contribution in [0.3, 0.4) is 0 Å². The quantitative estimate of drug-likeness (QED) is 0.599. The second-order valence-corrected chi connectivity index (χ2v) is 6.40. The highest BCUT2D eigenvalue weighted by Gasteiger charge is 2.27. The van der Waals surface area contributed by atoms with Gasteiger partial charge < -0.3 is 5.32 Å². The van der Waals surface area contributed by atoms with Gasteiger partial charge in [0.05, 0.1) is 0 Å². The first-order valence-corrected chi connectivity index (χ1v) is 7.93. The Morgan fingerprint density at radius 3 is 2.78 bits per heavy atom. The largest absolute Gasteiger partial charge is 0.370 e. The van der Waals surface area contributed by atoms with Crippen molar-refractivity contribution in [1.29, 1.82) is 0 Å². The Balaban J connectivity index is 2.02. The normalized spacial score (nSPS) is 15.1. The maximum atomic E-state index is 4.69. The molecule has 2 rings (SSSR count). The minimum atomic E-state index is 0.619. The number of hydrogen-bond donors (Lipinski definition) is 1. The lowest BCUT2D eigenvalue weighted by Crippen LogP contribution is -2.04. The van der Waals surface area contributed by atoms with E-state index >= 15 is 0 Å². The molecule has 1 saturated carbocycles. The topological polar surface area (TPSA) is 37.8 Å². The summed E-state index contributed by atoms with van der Waals surface area (Å²) >= 11 is 1.86. The van der Waals surface area contributed by atoms with Crippen molar-refractivity contribution < 1.29 is 0 Å². The maximum Gasteiger partial charge on any atom is 0.135 e. The average Bonchev–Trinajstić information content (AvgIpc) is 3.12. The van der Waals surface area contributed by atoms with Gasteiger partial charge in [0.1, 0.15) is 16.7 Å². The predicted octanol–water partition coefficient (Wildman–Crippen LogP) is 3.92. The van der Waals surface area contributed by atoms with Gasteiger partial charge in [-0.05, 0) is 37.9 Å². The van der Waals surface area contributed by atoms with Gasteiger partial charge in [-0.15, -0.1) is 11.8 Å². The molecular weight excluding hydrogens is 242 g/mol. The van der Waals surface area contributed by atoms with Crippen LogP contribution in [0.2, 0.25) is 0 Å². The molecule has 1 aromatic rings. The first-order valence-electron chi connectivity index (χ1n) is 6.94. The average molecular weight is 265 g/mol. The predicted molar refractivity (Wildman–Crippen MR) is 78.3 cm³/mol. The molecule has 1 N–H and O–H groups in total. The van der Waals surface area contributed by atoms with Crippen molar-refractivity contribution in [2.75, 3.05) is 17.6 Å². The summed E-state index contributed by atoms with van der Waals surface area (Å²) in [4.78, 5) is 9.28. The minimum Gasteiger partial charge on any atom is -0.370 e. The Morgan fingerprint density at radius 2 is 2.17 bits per heavy atom. The molecule has 0 bridgehead atoms. The number of thioether (sulfide) groups is 1. The molecule has 4 heteroatoms. The zero-order chi connectivity index (χ0) is 13.0. The molecular formula is C14H23N3S. The third-order valence-corrected chi connectivity index (χ3v) is 3.91. The number of hydrogen-bond acceptors (Lipinski definition) is 4. The third-order valence-electron chi connectivity index (χ3n) is 2.97. The molecule has 1 aliphatic carbocycles. The second-order valence-electron chi connectivity index (χ2n) is 5.29. The van der Waals surface area contributed by atoms with Crippen molar-refractivity contribution in [2.45, 2.75) is 51.0 Å². The highest BCUT2D eigenvalue weighted by atomic mass is 32.2. The molecule has 0 aromatic carbocycles. The molecule has 0 amide bonds. The van der Waals surface area contributed by atoms with Crippen LogP contribution in [-0.4, -0.2) is 22.3 Å². The highest BCUT2D eigenvalue weighted by Crippen LogP contribution is 2.39. The molecule has 0 unspecified atom stereocenters. The van der Waals surface area contributed by atoms with E-state index in [1.54, 1.807) is 0 Å². The van der Waals surface area contributed by atoms with Gasteiger partial charge in [-0.2, -0.15) is 0 Å². The van der Waals surface area contributed by atoms with E-state index < -0.39 is 0 Å². The number of aromatic nitrogens is 2. The smallest absolute Gasteiger partial charge is 0.135 e. The zero-order valence-electron chi connectivity index (χ0n) is 11.6. The van der Waals surface area contributed by atoms with E-state index in [1.165, 1.54) is 19.3 Å². The minimum absolute atomic E-state index is 0.619. The monoisotopic (exact) mass is 265 g/mol. The fourth-order valence-electron chi connectivity index (χ4n) is 1.71. The lowest BCUT2D eigenvalue weighted by Gasteiger charge is -2.09. The van der Waals surface area contributed by atoms with Gasteiger partial charge in [-0.1, -0.05) is 13.8 Å². The van der Waals surface area contributed by atoms with Crippen molar-refractivity contribution in [3.8, 4) is 0 Å². The van der Waals surface area contributed by atoms with Crippen LogP contribution in [0.4, 0.5) is 5.82 Å². The molecule has 0 saturated heterocycles. The van der Waals surface area contributed by atoms with Crippen LogP contribution in [0.1, 0.15) is 51.8 Å². The van der Waals surface area contributed by atoms with Crippen LogP contribution in [0.25, 0.3) is 0 Å². The number of nitrogens with one attached hydrogen (secondary N) is 1. The summed E-state index contributed by atoms with van der Waals surface area (Å²) < 4.78 is 0. The van der Waals surface area contributed by atoms with E-state index in [0.717, 1.165) is 34.9 Å². The van der Waals surface area contributed by atoms with Gasteiger partial charge in [0.15, 0.2) is 0 Å². The highest BCUT2D eigenvalue weighted by molar-refractivity contribution is 7.99. The van der Waals surface area contributed by atoms with E-state index in [0.29, 0.717) is 5.92 Å². The van der Waals surface area contributed by atoms with Crippen molar-refractivity contribution in [2.24, 2.45) is 5.92 Å². The summed E-state index contributed by atoms with van der Waals surface area (Å²) in [6, 6.07) is 2.08.